The molecule has 0 saturated heterocycles. The molecule has 0 spiro atoms. The van der Waals surface area contributed by atoms with Crippen molar-refractivity contribution in [1.82, 2.24) is 6.15 Å². The third-order valence-electron chi connectivity index (χ3n) is 2.18. The van der Waals surface area contributed by atoms with E-state index in [1.807, 2.05) is 0 Å². The Kier molecular flexibility index (Phi) is 20.6. The number of ether oxygens (including phenoxy) is 1. The number of carbonyl (C=O) groups excluding carboxylic acids is 2. The van der Waals surface area contributed by atoms with Crippen molar-refractivity contribution in [2.45, 2.75) is 37.8 Å². The Hall–Kier alpha value is -0.521. The zero-order chi connectivity index (χ0) is 15.0. The first-order chi connectivity index (χ1) is 8.73. The van der Waals surface area contributed by atoms with Gasteiger partial charge in [0.1, 0.15) is 12.1 Å². The van der Waals surface area contributed by atoms with Gasteiger partial charge in [0.25, 0.3) is 0 Å². The van der Waals surface area contributed by atoms with Gasteiger partial charge in [0.2, 0.25) is 0 Å². The molecule has 9 N–H and O–H groups in total. The summed E-state index contributed by atoms with van der Waals surface area (Å²) in [6, 6.07) is -2.41. The summed E-state index contributed by atoms with van der Waals surface area (Å²) >= 11 is 0. The number of carbonyl (C=O) groups is 4. The number of carboxylic acid groups (broad SMARTS) is 2. The van der Waals surface area contributed by atoms with E-state index < -0.39 is 36.0 Å². The first kappa shape index (κ1) is 29.5. The van der Waals surface area contributed by atoms with Crippen LogP contribution >= 0.6 is 0 Å². The minimum atomic E-state index is -1.26. The molecule has 0 saturated carbocycles. The van der Waals surface area contributed by atoms with Gasteiger partial charge in [-0.15, -0.1) is 0 Å². The van der Waals surface area contributed by atoms with Crippen LogP contribution in [-0.2, 0) is 23.9 Å². The zero-order valence-corrected chi connectivity index (χ0v) is 13.4. The summed E-state index contributed by atoms with van der Waals surface area (Å²) in [4.78, 5) is 43.0. The second-order valence-electron chi connectivity index (χ2n) is 3.81. The van der Waals surface area contributed by atoms with Crippen molar-refractivity contribution < 1.29 is 34.1 Å². The van der Waals surface area contributed by atoms with E-state index in [2.05, 4.69) is 4.74 Å². The SMILES string of the molecule is N.N[C@@H](CCC(=O)OC(=O)CC[C@H](N)C(=O)O)C(=O)O.[NaH].[SeH2]. The number of nitrogens with two attached hydrogens (primary N) is 2. The van der Waals surface area contributed by atoms with Crippen molar-refractivity contribution >= 4 is 70.5 Å². The van der Waals surface area contributed by atoms with E-state index in [-0.39, 0.29) is 78.5 Å². The van der Waals surface area contributed by atoms with E-state index in [1.165, 1.54) is 0 Å². The zero-order valence-electron chi connectivity index (χ0n) is 11.3. The van der Waals surface area contributed by atoms with E-state index in [1.54, 1.807) is 0 Å². The van der Waals surface area contributed by atoms with Crippen LogP contribution in [0.25, 0.3) is 0 Å². The van der Waals surface area contributed by atoms with Crippen molar-refractivity contribution in [3.05, 3.63) is 0 Å². The van der Waals surface area contributed by atoms with Crippen LogP contribution in [0.1, 0.15) is 25.7 Å². The summed E-state index contributed by atoms with van der Waals surface area (Å²) in [7, 11) is 0. The normalized spacial score (nSPS) is 11.5. The minimum absolute atomic E-state index is 0. The first-order valence-corrected chi connectivity index (χ1v) is 5.44. The molecular formula is C10H22N3NaO7Se. The number of rotatable bonds is 8. The molecule has 0 heterocycles. The molecule has 0 fully saturated rings. The van der Waals surface area contributed by atoms with E-state index >= 15 is 0 Å². The van der Waals surface area contributed by atoms with Crippen LogP contribution in [0.15, 0.2) is 0 Å². The predicted octanol–water partition coefficient (Wildman–Crippen LogP) is -2.96. The molecule has 0 aliphatic heterocycles. The van der Waals surface area contributed by atoms with Gasteiger partial charge in [-0.3, -0.25) is 19.2 Å². The molecule has 0 aromatic carbocycles. The van der Waals surface area contributed by atoms with Crippen LogP contribution in [0.4, 0.5) is 0 Å². The van der Waals surface area contributed by atoms with Gasteiger partial charge in [-0.2, -0.15) is 0 Å². The summed E-state index contributed by atoms with van der Waals surface area (Å²) in [6.07, 6.45) is -0.944. The number of carboxylic acids is 2. The fourth-order valence-corrected chi connectivity index (χ4v) is 1.02. The third kappa shape index (κ3) is 14.4. The van der Waals surface area contributed by atoms with E-state index in [0.717, 1.165) is 0 Å². The molecule has 0 aliphatic rings. The summed E-state index contributed by atoms with van der Waals surface area (Å²) < 4.78 is 4.34. The fourth-order valence-electron chi connectivity index (χ4n) is 1.02. The van der Waals surface area contributed by atoms with Crippen molar-refractivity contribution in [2.75, 3.05) is 0 Å². The van der Waals surface area contributed by atoms with Gasteiger partial charge in [-0.1, -0.05) is 0 Å². The standard InChI is InChI=1S/C10H16N2O7.H3N.Na.H2Se.H/c11-5(9(15)16)1-3-7(13)19-8(14)4-2-6(12)10(17)18;;;;/h5-6H,1-4,11-12H2,(H,15,16)(H,17,18);1H3;;1H2;/t5-,6-;;;;/m0..../s1. The van der Waals surface area contributed by atoms with Gasteiger partial charge in [-0.25, -0.2) is 0 Å². The molecule has 126 valence electrons. The molecular weight excluding hydrogens is 376 g/mol. The Labute approximate surface area is 159 Å². The Morgan fingerprint density at radius 2 is 1.14 bits per heavy atom. The molecule has 0 bridgehead atoms. The second-order valence-corrected chi connectivity index (χ2v) is 3.81. The van der Waals surface area contributed by atoms with E-state index in [4.69, 9.17) is 21.7 Å². The summed E-state index contributed by atoms with van der Waals surface area (Å²) in [5, 5.41) is 16.9. The maximum absolute atomic E-state index is 11.1. The molecule has 0 amide bonds. The first-order valence-electron chi connectivity index (χ1n) is 5.44. The molecule has 0 aromatic rings. The van der Waals surface area contributed by atoms with E-state index in [9.17, 15) is 19.2 Å². The van der Waals surface area contributed by atoms with Crippen LogP contribution in [0.2, 0.25) is 0 Å². The Balaban J connectivity index is -0.000000540. The van der Waals surface area contributed by atoms with Crippen LogP contribution in [0.5, 0.6) is 0 Å². The van der Waals surface area contributed by atoms with Crippen molar-refractivity contribution in [3.8, 4) is 0 Å². The van der Waals surface area contributed by atoms with Crippen molar-refractivity contribution in [2.24, 2.45) is 11.5 Å². The molecule has 12 heteroatoms. The molecule has 10 nitrogen and oxygen atoms in total. The summed E-state index contributed by atoms with van der Waals surface area (Å²) in [5.74, 6) is -4.34. The molecule has 0 rings (SSSR count). The van der Waals surface area contributed by atoms with Gasteiger partial charge in [-0.05, 0) is 12.8 Å². The molecule has 2 atom stereocenters. The number of esters is 2. The van der Waals surface area contributed by atoms with Crippen LogP contribution in [0, 0.1) is 0 Å². The molecule has 0 radical (unpaired) electrons. The van der Waals surface area contributed by atoms with Gasteiger partial charge >= 0.3 is 70.5 Å². The van der Waals surface area contributed by atoms with Gasteiger partial charge in [0.05, 0.1) is 0 Å². The monoisotopic (exact) mass is 399 g/mol. The molecule has 22 heavy (non-hydrogen) atoms. The van der Waals surface area contributed by atoms with Crippen LogP contribution < -0.4 is 17.6 Å². The van der Waals surface area contributed by atoms with E-state index in [0.29, 0.717) is 0 Å². The predicted molar refractivity (Wildman–Crippen MR) is 81.5 cm³/mol. The molecule has 0 unspecified atom stereocenters. The fraction of sp³-hybridized carbons (Fsp3) is 0.600. The van der Waals surface area contributed by atoms with Gasteiger partial charge < -0.3 is 32.6 Å². The Morgan fingerprint density at radius 1 is 0.864 bits per heavy atom. The average Bonchev–Trinajstić information content (AvgIpc) is 2.32. The quantitative estimate of drug-likeness (QED) is 0.159. The maximum atomic E-state index is 11.1. The second kappa shape index (κ2) is 15.4. The molecule has 0 aromatic heterocycles. The summed E-state index contributed by atoms with van der Waals surface area (Å²) in [6.45, 7) is 0. The van der Waals surface area contributed by atoms with Crippen LogP contribution in [0.3, 0.4) is 0 Å². The topological polar surface area (TPSA) is 205 Å². The summed E-state index contributed by atoms with van der Waals surface area (Å²) in [5.41, 5.74) is 10.3. The number of hydrogen-bond acceptors (Lipinski definition) is 8. The number of aliphatic carboxylic acids is 2. The van der Waals surface area contributed by atoms with Crippen molar-refractivity contribution in [3.63, 3.8) is 0 Å². The van der Waals surface area contributed by atoms with Crippen LogP contribution in [-0.4, -0.2) is 92.8 Å². The third-order valence-corrected chi connectivity index (χ3v) is 2.18. The number of hydrogen-bond donors (Lipinski definition) is 5. The Morgan fingerprint density at radius 3 is 1.36 bits per heavy atom. The Bertz CT molecular complexity index is 350. The van der Waals surface area contributed by atoms with Gasteiger partial charge in [0, 0.05) is 12.8 Å². The molecule has 0 aliphatic carbocycles. The van der Waals surface area contributed by atoms with Crippen molar-refractivity contribution in [1.29, 1.82) is 0 Å². The van der Waals surface area contributed by atoms with Gasteiger partial charge in [0.15, 0.2) is 0 Å². The average molecular weight is 398 g/mol.